The SMILES string of the molecule is O=C(Nc1cccc(SC(C(=O)Nc2cc(C(F)(F)F)ccc2Cl)c2ccccc2)c1)/C(=C\c1ccccc1Cl)NC(=O)c1ccccc1. The van der Waals surface area contributed by atoms with E-state index in [-0.39, 0.29) is 16.4 Å². The molecule has 0 aromatic heterocycles. The lowest BCUT2D eigenvalue weighted by molar-refractivity contribution is -0.137. The number of carbonyl (C=O) groups is 3. The number of nitrogens with one attached hydrogen (secondary N) is 3. The van der Waals surface area contributed by atoms with Crippen LogP contribution in [0.2, 0.25) is 10.0 Å². The van der Waals surface area contributed by atoms with Crippen LogP contribution < -0.4 is 16.0 Å². The van der Waals surface area contributed by atoms with Gasteiger partial charge in [-0.25, -0.2) is 0 Å². The van der Waals surface area contributed by atoms with Gasteiger partial charge in [-0.05, 0) is 71.8 Å². The Morgan fingerprint density at radius 2 is 1.39 bits per heavy atom. The van der Waals surface area contributed by atoms with Gasteiger partial charge in [-0.1, -0.05) is 96.0 Å². The second-order valence-corrected chi connectivity index (χ2v) is 12.5. The summed E-state index contributed by atoms with van der Waals surface area (Å²) in [7, 11) is 0. The van der Waals surface area contributed by atoms with Gasteiger partial charge in [0.1, 0.15) is 10.9 Å². The van der Waals surface area contributed by atoms with Crippen LogP contribution >= 0.6 is 35.0 Å². The van der Waals surface area contributed by atoms with Crippen molar-refractivity contribution in [2.24, 2.45) is 0 Å². The first kappa shape index (κ1) is 35.3. The van der Waals surface area contributed by atoms with Gasteiger partial charge >= 0.3 is 6.18 Å². The van der Waals surface area contributed by atoms with Gasteiger partial charge in [0.05, 0.1) is 16.3 Å². The molecule has 6 nitrogen and oxygen atoms in total. The fraction of sp³-hybridized carbons (Fsp3) is 0.0541. The van der Waals surface area contributed by atoms with E-state index in [9.17, 15) is 27.6 Å². The zero-order valence-corrected chi connectivity index (χ0v) is 27.6. The van der Waals surface area contributed by atoms with E-state index in [1.54, 1.807) is 109 Å². The van der Waals surface area contributed by atoms with Gasteiger partial charge in [0.15, 0.2) is 0 Å². The van der Waals surface area contributed by atoms with Crippen molar-refractivity contribution in [2.75, 3.05) is 10.6 Å². The molecule has 0 radical (unpaired) electrons. The number of rotatable bonds is 10. The summed E-state index contributed by atoms with van der Waals surface area (Å²) in [6.07, 6.45) is -3.17. The minimum atomic E-state index is -4.63. The smallest absolute Gasteiger partial charge is 0.323 e. The lowest BCUT2D eigenvalue weighted by atomic mass is 10.1. The maximum Gasteiger partial charge on any atom is 0.416 e. The van der Waals surface area contributed by atoms with Crippen molar-refractivity contribution in [3.8, 4) is 0 Å². The molecule has 49 heavy (non-hydrogen) atoms. The average molecular weight is 721 g/mol. The van der Waals surface area contributed by atoms with Gasteiger partial charge in [-0.2, -0.15) is 13.2 Å². The molecule has 12 heteroatoms. The maximum absolute atomic E-state index is 13.6. The van der Waals surface area contributed by atoms with Crippen LogP contribution in [0.4, 0.5) is 24.5 Å². The number of amides is 3. The minimum Gasteiger partial charge on any atom is -0.323 e. The Labute approximate surface area is 294 Å². The Balaban J connectivity index is 1.39. The fourth-order valence-corrected chi connectivity index (χ4v) is 6.01. The first-order valence-electron chi connectivity index (χ1n) is 14.6. The molecule has 248 valence electrons. The molecule has 0 aliphatic heterocycles. The molecule has 0 spiro atoms. The summed E-state index contributed by atoms with van der Waals surface area (Å²) in [4.78, 5) is 40.8. The molecule has 0 heterocycles. The van der Waals surface area contributed by atoms with E-state index >= 15 is 0 Å². The van der Waals surface area contributed by atoms with Crippen LogP contribution in [0.25, 0.3) is 6.08 Å². The number of hydrogen-bond acceptors (Lipinski definition) is 4. The highest BCUT2D eigenvalue weighted by Crippen LogP contribution is 2.39. The normalized spacial score (nSPS) is 12.1. The van der Waals surface area contributed by atoms with Crippen LogP contribution in [-0.4, -0.2) is 17.7 Å². The van der Waals surface area contributed by atoms with Crippen molar-refractivity contribution in [1.29, 1.82) is 0 Å². The van der Waals surface area contributed by atoms with Crippen LogP contribution in [-0.2, 0) is 15.8 Å². The molecule has 5 rings (SSSR count). The highest BCUT2D eigenvalue weighted by molar-refractivity contribution is 8.00. The van der Waals surface area contributed by atoms with Crippen molar-refractivity contribution in [1.82, 2.24) is 5.32 Å². The van der Waals surface area contributed by atoms with E-state index < -0.39 is 34.7 Å². The maximum atomic E-state index is 13.6. The third-order valence-corrected chi connectivity index (χ3v) is 8.89. The molecule has 0 saturated carbocycles. The molecule has 0 bridgehead atoms. The van der Waals surface area contributed by atoms with E-state index in [1.807, 2.05) is 0 Å². The van der Waals surface area contributed by atoms with Gasteiger partial charge in [-0.15, -0.1) is 11.8 Å². The predicted molar refractivity (Wildman–Crippen MR) is 189 cm³/mol. The molecule has 0 aliphatic carbocycles. The summed E-state index contributed by atoms with van der Waals surface area (Å²) in [5.41, 5.74) is 0.569. The number of anilines is 2. The first-order valence-corrected chi connectivity index (χ1v) is 16.2. The average Bonchev–Trinajstić information content (AvgIpc) is 3.09. The standard InChI is InChI=1S/C37H26Cl2F3N3O3S/c38-29-17-8-7-14-25(29)20-32(45-34(46)24-12-5-2-6-13-24)35(47)43-27-15-9-16-28(22-27)49-33(23-10-3-1-4-11-23)36(48)44-31-21-26(37(40,41)42)18-19-30(31)39/h1-22,33H,(H,43,47)(H,44,48)(H,45,46)/b32-20+. The zero-order chi connectivity index (χ0) is 35.0. The van der Waals surface area contributed by atoms with Crippen molar-refractivity contribution in [3.63, 3.8) is 0 Å². The summed E-state index contributed by atoms with van der Waals surface area (Å²) < 4.78 is 40.1. The van der Waals surface area contributed by atoms with E-state index in [4.69, 9.17) is 23.2 Å². The fourth-order valence-electron chi connectivity index (χ4n) is 4.57. The van der Waals surface area contributed by atoms with Crippen LogP contribution in [0.3, 0.4) is 0 Å². The number of halogens is 5. The molecule has 3 N–H and O–H groups in total. The van der Waals surface area contributed by atoms with E-state index in [0.717, 1.165) is 30.0 Å². The number of hydrogen-bond donors (Lipinski definition) is 3. The highest BCUT2D eigenvalue weighted by atomic mass is 35.5. The molecule has 3 amide bonds. The quantitative estimate of drug-likeness (QED) is 0.0991. The molecule has 0 saturated heterocycles. The van der Waals surface area contributed by atoms with Crippen molar-refractivity contribution >= 4 is 70.1 Å². The van der Waals surface area contributed by atoms with Gasteiger partial charge in [0, 0.05) is 21.2 Å². The summed E-state index contributed by atoms with van der Waals surface area (Å²) in [5, 5.41) is 7.40. The Morgan fingerprint density at radius 3 is 2.08 bits per heavy atom. The molecule has 0 fully saturated rings. The van der Waals surface area contributed by atoms with Gasteiger partial charge in [0.25, 0.3) is 11.8 Å². The number of thioether (sulfide) groups is 1. The predicted octanol–water partition coefficient (Wildman–Crippen LogP) is 9.89. The molecular weight excluding hydrogens is 694 g/mol. The highest BCUT2D eigenvalue weighted by Gasteiger charge is 2.32. The molecule has 1 atom stereocenters. The molecular formula is C37H26Cl2F3N3O3S. The topological polar surface area (TPSA) is 87.3 Å². The third-order valence-electron chi connectivity index (χ3n) is 6.97. The van der Waals surface area contributed by atoms with E-state index in [1.165, 1.54) is 6.08 Å². The van der Waals surface area contributed by atoms with Crippen LogP contribution in [0.15, 0.2) is 138 Å². The Morgan fingerprint density at radius 1 is 0.714 bits per heavy atom. The Kier molecular flexibility index (Phi) is 11.5. The summed E-state index contributed by atoms with van der Waals surface area (Å²) in [6, 6.07) is 33.3. The van der Waals surface area contributed by atoms with Crippen LogP contribution in [0.5, 0.6) is 0 Å². The lowest BCUT2D eigenvalue weighted by Crippen LogP contribution is -2.30. The second kappa shape index (κ2) is 15.9. The summed E-state index contributed by atoms with van der Waals surface area (Å²) in [6.45, 7) is 0. The molecule has 0 aliphatic rings. The van der Waals surface area contributed by atoms with Crippen LogP contribution in [0, 0.1) is 0 Å². The van der Waals surface area contributed by atoms with Crippen molar-refractivity contribution in [3.05, 3.63) is 165 Å². The Hall–Kier alpha value is -5.03. The first-order chi connectivity index (χ1) is 23.5. The minimum absolute atomic E-state index is 0.0529. The molecule has 1 unspecified atom stereocenters. The van der Waals surface area contributed by atoms with Gasteiger partial charge in [-0.3, -0.25) is 14.4 Å². The molecule has 5 aromatic carbocycles. The third kappa shape index (κ3) is 9.54. The van der Waals surface area contributed by atoms with Crippen molar-refractivity contribution < 1.29 is 27.6 Å². The van der Waals surface area contributed by atoms with Gasteiger partial charge < -0.3 is 16.0 Å². The Bertz CT molecular complexity index is 2010. The summed E-state index contributed by atoms with van der Waals surface area (Å²) >= 11 is 13.6. The lowest BCUT2D eigenvalue weighted by Gasteiger charge is -2.19. The number of benzene rings is 5. The van der Waals surface area contributed by atoms with E-state index in [2.05, 4.69) is 16.0 Å². The largest absolute Gasteiger partial charge is 0.416 e. The number of alkyl halides is 3. The zero-order valence-electron chi connectivity index (χ0n) is 25.3. The molecule has 5 aromatic rings. The summed E-state index contributed by atoms with van der Waals surface area (Å²) in [5.74, 6) is -1.75. The van der Waals surface area contributed by atoms with Crippen LogP contribution in [0.1, 0.15) is 32.3 Å². The number of carbonyl (C=O) groups excluding carboxylic acids is 3. The second-order valence-electron chi connectivity index (χ2n) is 10.5. The van der Waals surface area contributed by atoms with E-state index in [0.29, 0.717) is 32.3 Å². The monoisotopic (exact) mass is 719 g/mol. The van der Waals surface area contributed by atoms with Crippen molar-refractivity contribution in [2.45, 2.75) is 16.3 Å². The van der Waals surface area contributed by atoms with Gasteiger partial charge in [0.2, 0.25) is 5.91 Å².